The van der Waals surface area contributed by atoms with E-state index in [9.17, 15) is 24.4 Å². The molecule has 0 saturated carbocycles. The number of rotatable bonds is 8. The summed E-state index contributed by atoms with van der Waals surface area (Å²) in [6, 6.07) is 6.50. The van der Waals surface area contributed by atoms with Gasteiger partial charge in [-0.05, 0) is 24.6 Å². The Hall–Kier alpha value is -3.91. The Morgan fingerprint density at radius 1 is 1.24 bits per heavy atom. The van der Waals surface area contributed by atoms with E-state index in [4.69, 9.17) is 25.8 Å². The molecule has 12 heteroatoms. The lowest BCUT2D eigenvalue weighted by Gasteiger charge is -2.34. The van der Waals surface area contributed by atoms with Gasteiger partial charge in [-0.15, -0.1) is 0 Å². The van der Waals surface area contributed by atoms with E-state index in [0.29, 0.717) is 15.6 Å². The molecule has 0 fully saturated rings. The maximum absolute atomic E-state index is 13.1. The molecule has 1 aliphatic rings. The summed E-state index contributed by atoms with van der Waals surface area (Å²) in [5.74, 6) is -5.23. The average Bonchev–Trinajstić information content (AvgIpc) is 2.81. The number of carbonyl (C=O) groups excluding carboxylic acids is 4. The van der Waals surface area contributed by atoms with Gasteiger partial charge in [0.1, 0.15) is 6.54 Å². The first-order valence-corrected chi connectivity index (χ1v) is 9.98. The first-order valence-electron chi connectivity index (χ1n) is 9.60. The van der Waals surface area contributed by atoms with E-state index in [-0.39, 0.29) is 12.3 Å². The summed E-state index contributed by atoms with van der Waals surface area (Å²) in [6.45, 7) is 1.24. The number of hydrogen-bond acceptors (Lipinski definition) is 10. The van der Waals surface area contributed by atoms with Gasteiger partial charge in [-0.1, -0.05) is 23.7 Å². The third-order valence-electron chi connectivity index (χ3n) is 4.46. The van der Waals surface area contributed by atoms with E-state index in [1.165, 1.54) is 6.21 Å². The van der Waals surface area contributed by atoms with Crippen LogP contribution in [0.2, 0.25) is 5.02 Å². The lowest BCUT2D eigenvalue weighted by molar-refractivity contribution is -0.155. The number of nitriles is 1. The number of hydrazone groups is 1. The van der Waals surface area contributed by atoms with E-state index in [1.807, 2.05) is 0 Å². The van der Waals surface area contributed by atoms with Gasteiger partial charge in [0.15, 0.2) is 12.0 Å². The molecule has 2 rings (SSSR count). The smallest absolute Gasteiger partial charge is 0.338 e. The van der Waals surface area contributed by atoms with Gasteiger partial charge in [0.25, 0.3) is 5.91 Å². The van der Waals surface area contributed by atoms with Crippen molar-refractivity contribution in [2.45, 2.75) is 13.0 Å². The second-order valence-electron chi connectivity index (χ2n) is 6.44. The van der Waals surface area contributed by atoms with Gasteiger partial charge in [-0.25, -0.2) is 14.6 Å². The summed E-state index contributed by atoms with van der Waals surface area (Å²) in [4.78, 5) is 50.2. The van der Waals surface area contributed by atoms with Crippen molar-refractivity contribution in [2.75, 3.05) is 27.4 Å². The van der Waals surface area contributed by atoms with Crippen LogP contribution in [0.15, 0.2) is 40.6 Å². The van der Waals surface area contributed by atoms with Gasteiger partial charge in [0.2, 0.25) is 0 Å². The number of carbonyl (C=O) groups is 4. The number of nitrogens with one attached hydrogen (secondary N) is 1. The first-order chi connectivity index (χ1) is 15.8. The molecule has 33 heavy (non-hydrogen) atoms. The zero-order valence-corrected chi connectivity index (χ0v) is 18.8. The summed E-state index contributed by atoms with van der Waals surface area (Å²) in [6.07, 6.45) is 1.25. The number of amides is 1. The molecule has 2 unspecified atom stereocenters. The number of halogens is 1. The van der Waals surface area contributed by atoms with E-state index in [1.54, 1.807) is 37.3 Å². The van der Waals surface area contributed by atoms with Crippen LogP contribution in [0.1, 0.15) is 12.5 Å². The quantitative estimate of drug-likeness (QED) is 0.326. The number of hydrogen-bond donors (Lipinski definition) is 1. The summed E-state index contributed by atoms with van der Waals surface area (Å²) < 4.78 is 14.4. The highest BCUT2D eigenvalue weighted by molar-refractivity contribution is 6.30. The molecule has 11 nitrogen and oxygen atoms in total. The van der Waals surface area contributed by atoms with Crippen LogP contribution < -0.4 is 5.32 Å². The standard InChI is InChI=1S/C21H21ClN4O7/c1-4-33-15(27)11-24-17-14(9-23)19(28)26(25-10-12-5-7-13(22)8-6-12)18(21(30)32-3)16(17)20(29)31-2/h5-8,10,14,18,24H,4,11H2,1-3H3/b25-10+. The molecule has 1 heterocycles. The zero-order chi connectivity index (χ0) is 24.5. The molecule has 2 atom stereocenters. The average molecular weight is 477 g/mol. The largest absolute Gasteiger partial charge is 0.467 e. The fraction of sp³-hybridized carbons (Fsp3) is 0.333. The van der Waals surface area contributed by atoms with Gasteiger partial charge in [-0.2, -0.15) is 10.4 Å². The summed E-state index contributed by atoms with van der Waals surface area (Å²) in [7, 11) is 2.12. The Labute approximate surface area is 194 Å². The SMILES string of the molecule is CCOC(=O)CNC1=C(C(=O)OC)C(C(=O)OC)N(/N=C/c2ccc(Cl)cc2)C(=O)C1C#N. The minimum Gasteiger partial charge on any atom is -0.467 e. The molecule has 0 aliphatic carbocycles. The van der Waals surface area contributed by atoms with E-state index in [0.717, 1.165) is 14.2 Å². The van der Waals surface area contributed by atoms with E-state index >= 15 is 0 Å². The Morgan fingerprint density at radius 2 is 1.91 bits per heavy atom. The Kier molecular flexibility index (Phi) is 8.94. The second kappa shape index (κ2) is 11.6. The van der Waals surface area contributed by atoms with Crippen LogP contribution in [0.4, 0.5) is 0 Å². The van der Waals surface area contributed by atoms with Crippen LogP contribution in [0.3, 0.4) is 0 Å². The molecule has 1 amide bonds. The Bertz CT molecular complexity index is 1030. The highest BCUT2D eigenvalue weighted by atomic mass is 35.5. The third kappa shape index (κ3) is 5.87. The normalized spacial score (nSPS) is 18.0. The molecule has 1 aromatic carbocycles. The van der Waals surface area contributed by atoms with Crippen molar-refractivity contribution in [3.8, 4) is 6.07 Å². The van der Waals surface area contributed by atoms with Crippen LogP contribution in [0, 0.1) is 17.2 Å². The van der Waals surface area contributed by atoms with Crippen molar-refractivity contribution in [2.24, 2.45) is 11.0 Å². The third-order valence-corrected chi connectivity index (χ3v) is 4.71. The molecule has 0 spiro atoms. The molecule has 0 aromatic heterocycles. The number of ether oxygens (including phenoxy) is 3. The molecular formula is C21H21ClN4O7. The number of nitrogens with zero attached hydrogens (tertiary/aromatic N) is 3. The topological polar surface area (TPSA) is 147 Å². The summed E-state index contributed by atoms with van der Waals surface area (Å²) >= 11 is 5.86. The molecule has 0 radical (unpaired) electrons. The maximum atomic E-state index is 13.1. The summed E-state index contributed by atoms with van der Waals surface area (Å²) in [5, 5.41) is 17.4. The predicted molar refractivity (Wildman–Crippen MR) is 114 cm³/mol. The van der Waals surface area contributed by atoms with Crippen molar-refractivity contribution in [3.63, 3.8) is 0 Å². The lowest BCUT2D eigenvalue weighted by Crippen LogP contribution is -2.54. The minimum atomic E-state index is -1.67. The van der Waals surface area contributed by atoms with Crippen molar-refractivity contribution < 1.29 is 33.4 Å². The van der Waals surface area contributed by atoms with E-state index in [2.05, 4.69) is 10.4 Å². The fourth-order valence-corrected chi connectivity index (χ4v) is 3.09. The van der Waals surface area contributed by atoms with Crippen molar-refractivity contribution in [3.05, 3.63) is 46.1 Å². The predicted octanol–water partition coefficient (Wildman–Crippen LogP) is 0.777. The van der Waals surface area contributed by atoms with Crippen molar-refractivity contribution in [1.29, 1.82) is 5.26 Å². The molecule has 174 valence electrons. The lowest BCUT2D eigenvalue weighted by atomic mass is 9.90. The van der Waals surface area contributed by atoms with Crippen molar-refractivity contribution >= 4 is 41.6 Å². The van der Waals surface area contributed by atoms with Crippen LogP contribution in [-0.2, 0) is 33.4 Å². The number of methoxy groups -OCH3 is 2. The van der Waals surface area contributed by atoms with Gasteiger partial charge < -0.3 is 19.5 Å². The first kappa shape index (κ1) is 25.4. The Balaban J connectivity index is 2.60. The van der Waals surface area contributed by atoms with E-state index < -0.39 is 47.9 Å². The highest BCUT2D eigenvalue weighted by Gasteiger charge is 2.49. The van der Waals surface area contributed by atoms with Crippen LogP contribution in [-0.4, -0.2) is 68.5 Å². The van der Waals surface area contributed by atoms with Gasteiger partial charge in [-0.3, -0.25) is 9.59 Å². The number of esters is 3. The molecule has 0 bridgehead atoms. The maximum Gasteiger partial charge on any atom is 0.338 e. The second-order valence-corrected chi connectivity index (χ2v) is 6.88. The van der Waals surface area contributed by atoms with Gasteiger partial charge in [0.05, 0.1) is 44.4 Å². The fourth-order valence-electron chi connectivity index (χ4n) is 2.97. The highest BCUT2D eigenvalue weighted by Crippen LogP contribution is 2.30. The van der Waals surface area contributed by atoms with Gasteiger partial charge in [0, 0.05) is 5.02 Å². The zero-order valence-electron chi connectivity index (χ0n) is 18.0. The van der Waals surface area contributed by atoms with Crippen molar-refractivity contribution in [1.82, 2.24) is 10.3 Å². The van der Waals surface area contributed by atoms with Crippen LogP contribution in [0.5, 0.6) is 0 Å². The van der Waals surface area contributed by atoms with Crippen LogP contribution >= 0.6 is 11.6 Å². The van der Waals surface area contributed by atoms with Gasteiger partial charge >= 0.3 is 17.9 Å². The molecule has 0 saturated heterocycles. The minimum absolute atomic E-state index is 0.0992. The van der Waals surface area contributed by atoms with Crippen LogP contribution in [0.25, 0.3) is 0 Å². The Morgan fingerprint density at radius 3 is 2.45 bits per heavy atom. The molecular weight excluding hydrogens is 456 g/mol. The summed E-state index contributed by atoms with van der Waals surface area (Å²) in [5.41, 5.74) is -0.136. The molecule has 1 aromatic rings. The molecule has 1 aliphatic heterocycles. The number of benzene rings is 1. The molecule has 1 N–H and O–H groups in total. The monoisotopic (exact) mass is 476 g/mol.